The van der Waals surface area contributed by atoms with Crippen LogP contribution in [0.2, 0.25) is 0 Å². The largest absolute Gasteiger partial charge is 0.463 e. The SMILES string of the molecule is Cc1ccc(S(=O)(=O)N(C)c2ccc(C(=O)O[C@@H]3CCOC3=O)cc2)cc1. The molecule has 0 aliphatic carbocycles. The van der Waals surface area contributed by atoms with Crippen LogP contribution in [0.3, 0.4) is 0 Å². The second-order valence-electron chi connectivity index (χ2n) is 6.18. The number of esters is 2. The summed E-state index contributed by atoms with van der Waals surface area (Å²) in [6.45, 7) is 2.11. The maximum absolute atomic E-state index is 12.7. The number of aryl methyl sites for hydroxylation is 1. The zero-order valence-corrected chi connectivity index (χ0v) is 15.7. The van der Waals surface area contributed by atoms with Crippen LogP contribution < -0.4 is 4.31 Å². The fraction of sp³-hybridized carbons (Fsp3) is 0.263. The van der Waals surface area contributed by atoms with Crippen LogP contribution in [0.5, 0.6) is 0 Å². The van der Waals surface area contributed by atoms with Gasteiger partial charge in [0.2, 0.25) is 6.10 Å². The Morgan fingerprint density at radius 3 is 2.30 bits per heavy atom. The molecule has 1 fully saturated rings. The first kappa shape index (κ1) is 18.9. The molecule has 27 heavy (non-hydrogen) atoms. The van der Waals surface area contributed by atoms with Crippen LogP contribution >= 0.6 is 0 Å². The zero-order chi connectivity index (χ0) is 19.6. The first-order valence-corrected chi connectivity index (χ1v) is 9.76. The molecule has 1 aliphatic rings. The lowest BCUT2D eigenvalue weighted by Crippen LogP contribution is -2.26. The Hall–Kier alpha value is -2.87. The Morgan fingerprint density at radius 2 is 1.74 bits per heavy atom. The van der Waals surface area contributed by atoms with Gasteiger partial charge in [-0.05, 0) is 43.3 Å². The van der Waals surface area contributed by atoms with Crippen molar-refractivity contribution in [3.8, 4) is 0 Å². The van der Waals surface area contributed by atoms with E-state index < -0.39 is 28.1 Å². The number of anilines is 1. The molecule has 0 aromatic heterocycles. The molecule has 0 amide bonds. The minimum absolute atomic E-state index is 0.179. The smallest absolute Gasteiger partial charge is 0.347 e. The van der Waals surface area contributed by atoms with Crippen LogP contribution in [0.4, 0.5) is 5.69 Å². The highest BCUT2D eigenvalue weighted by Crippen LogP contribution is 2.23. The third kappa shape index (κ3) is 3.95. The number of sulfonamides is 1. The van der Waals surface area contributed by atoms with Crippen LogP contribution in [0.1, 0.15) is 22.3 Å². The highest BCUT2D eigenvalue weighted by atomic mass is 32.2. The summed E-state index contributed by atoms with van der Waals surface area (Å²) in [6.07, 6.45) is -0.554. The van der Waals surface area contributed by atoms with E-state index >= 15 is 0 Å². The van der Waals surface area contributed by atoms with E-state index in [1.165, 1.54) is 31.3 Å². The van der Waals surface area contributed by atoms with Crippen LogP contribution in [-0.4, -0.2) is 40.1 Å². The van der Waals surface area contributed by atoms with E-state index in [4.69, 9.17) is 9.47 Å². The minimum Gasteiger partial charge on any atom is -0.463 e. The first-order chi connectivity index (χ1) is 12.8. The zero-order valence-electron chi connectivity index (χ0n) is 14.9. The molecule has 0 radical (unpaired) electrons. The molecule has 1 aliphatic heterocycles. The van der Waals surface area contributed by atoms with Crippen molar-refractivity contribution in [1.82, 2.24) is 0 Å². The Kier molecular flexibility index (Phi) is 5.18. The predicted octanol–water partition coefficient (Wildman–Crippen LogP) is 2.29. The number of cyclic esters (lactones) is 1. The van der Waals surface area contributed by atoms with Crippen LogP contribution in [0, 0.1) is 6.92 Å². The lowest BCUT2D eigenvalue weighted by molar-refractivity contribution is -0.145. The van der Waals surface area contributed by atoms with Crippen molar-refractivity contribution in [3.05, 3.63) is 59.7 Å². The van der Waals surface area contributed by atoms with Gasteiger partial charge in [-0.2, -0.15) is 0 Å². The number of hydrogen-bond donors (Lipinski definition) is 0. The Labute approximate surface area is 157 Å². The predicted molar refractivity (Wildman–Crippen MR) is 98.0 cm³/mol. The third-order valence-electron chi connectivity index (χ3n) is 4.28. The maximum atomic E-state index is 12.7. The summed E-state index contributed by atoms with van der Waals surface area (Å²) in [7, 11) is -2.27. The monoisotopic (exact) mass is 389 g/mol. The molecular weight excluding hydrogens is 370 g/mol. The van der Waals surface area contributed by atoms with E-state index in [1.54, 1.807) is 24.3 Å². The number of hydrogen-bond acceptors (Lipinski definition) is 6. The normalized spacial score (nSPS) is 16.7. The average Bonchev–Trinajstić information content (AvgIpc) is 3.06. The summed E-state index contributed by atoms with van der Waals surface area (Å²) >= 11 is 0. The van der Waals surface area contributed by atoms with E-state index in [9.17, 15) is 18.0 Å². The lowest BCUT2D eigenvalue weighted by atomic mass is 10.2. The summed E-state index contributed by atoms with van der Waals surface area (Å²) in [4.78, 5) is 23.7. The number of carbonyl (C=O) groups excluding carboxylic acids is 2. The van der Waals surface area contributed by atoms with Gasteiger partial charge in [-0.3, -0.25) is 4.31 Å². The summed E-state index contributed by atoms with van der Waals surface area (Å²) in [5.74, 6) is -1.21. The topological polar surface area (TPSA) is 90.0 Å². The molecule has 0 spiro atoms. The second kappa shape index (κ2) is 7.40. The fourth-order valence-electron chi connectivity index (χ4n) is 2.60. The average molecular weight is 389 g/mol. The van der Waals surface area contributed by atoms with Gasteiger partial charge in [0.05, 0.1) is 22.8 Å². The minimum atomic E-state index is -3.71. The molecule has 0 unspecified atom stereocenters. The molecule has 2 aromatic rings. The second-order valence-corrected chi connectivity index (χ2v) is 8.15. The highest BCUT2D eigenvalue weighted by Gasteiger charge is 2.30. The lowest BCUT2D eigenvalue weighted by Gasteiger charge is -2.20. The van der Waals surface area contributed by atoms with Crippen molar-refractivity contribution >= 4 is 27.6 Å². The number of ether oxygens (including phenoxy) is 2. The summed E-state index contributed by atoms with van der Waals surface area (Å²) < 4.78 is 36.4. The van der Waals surface area contributed by atoms with E-state index in [1.807, 2.05) is 6.92 Å². The molecule has 0 N–H and O–H groups in total. The van der Waals surface area contributed by atoms with Crippen molar-refractivity contribution in [1.29, 1.82) is 0 Å². The van der Waals surface area contributed by atoms with Gasteiger partial charge >= 0.3 is 11.9 Å². The quantitative estimate of drug-likeness (QED) is 0.729. The molecular formula is C19H19NO6S. The van der Waals surface area contributed by atoms with Crippen molar-refractivity contribution in [3.63, 3.8) is 0 Å². The van der Waals surface area contributed by atoms with Gasteiger partial charge in [-0.1, -0.05) is 17.7 Å². The fourth-order valence-corrected chi connectivity index (χ4v) is 3.79. The van der Waals surface area contributed by atoms with Crippen LogP contribution in [-0.2, 0) is 24.3 Å². The number of benzene rings is 2. The van der Waals surface area contributed by atoms with Gasteiger partial charge in [-0.25, -0.2) is 18.0 Å². The van der Waals surface area contributed by atoms with E-state index in [-0.39, 0.29) is 17.1 Å². The molecule has 1 saturated heterocycles. The summed E-state index contributed by atoms with van der Waals surface area (Å²) in [5.41, 5.74) is 1.58. The molecule has 1 atom stereocenters. The van der Waals surface area contributed by atoms with Crippen molar-refractivity contribution < 1.29 is 27.5 Å². The number of nitrogens with zero attached hydrogens (tertiary/aromatic N) is 1. The molecule has 142 valence electrons. The number of carbonyl (C=O) groups is 2. The standard InChI is InChI=1S/C19H19NO6S/c1-13-3-9-16(10-4-13)27(23,24)20(2)15-7-5-14(6-8-15)18(21)26-17-11-12-25-19(17)22/h3-10,17H,11-12H2,1-2H3/t17-/m1/s1. The van der Waals surface area contributed by atoms with Crippen molar-refractivity contribution in [2.75, 3.05) is 18.0 Å². The van der Waals surface area contributed by atoms with Gasteiger partial charge in [0.15, 0.2) is 0 Å². The Morgan fingerprint density at radius 1 is 1.11 bits per heavy atom. The van der Waals surface area contributed by atoms with E-state index in [0.717, 1.165) is 9.87 Å². The molecule has 2 aromatic carbocycles. The van der Waals surface area contributed by atoms with Gasteiger partial charge in [-0.15, -0.1) is 0 Å². The molecule has 1 heterocycles. The molecule has 3 rings (SSSR count). The molecule has 7 nitrogen and oxygen atoms in total. The van der Waals surface area contributed by atoms with Crippen LogP contribution in [0.25, 0.3) is 0 Å². The highest BCUT2D eigenvalue weighted by molar-refractivity contribution is 7.92. The van der Waals surface area contributed by atoms with Gasteiger partial charge in [0.1, 0.15) is 0 Å². The first-order valence-electron chi connectivity index (χ1n) is 8.32. The third-order valence-corrected chi connectivity index (χ3v) is 6.08. The summed E-state index contributed by atoms with van der Waals surface area (Å²) in [5, 5.41) is 0. The Bertz CT molecular complexity index is 951. The Balaban J connectivity index is 1.75. The van der Waals surface area contributed by atoms with Crippen molar-refractivity contribution in [2.45, 2.75) is 24.3 Å². The van der Waals surface area contributed by atoms with Crippen molar-refractivity contribution in [2.24, 2.45) is 0 Å². The van der Waals surface area contributed by atoms with E-state index in [0.29, 0.717) is 12.1 Å². The molecule has 0 saturated carbocycles. The maximum Gasteiger partial charge on any atom is 0.347 e. The van der Waals surface area contributed by atoms with Gasteiger partial charge in [0.25, 0.3) is 10.0 Å². The number of rotatable bonds is 5. The van der Waals surface area contributed by atoms with Gasteiger partial charge < -0.3 is 9.47 Å². The van der Waals surface area contributed by atoms with E-state index in [2.05, 4.69) is 0 Å². The molecule has 8 heteroatoms. The summed E-state index contributed by atoms with van der Waals surface area (Å²) in [6, 6.07) is 12.5. The molecule has 0 bridgehead atoms. The van der Waals surface area contributed by atoms with Crippen LogP contribution in [0.15, 0.2) is 53.4 Å². The van der Waals surface area contributed by atoms with Gasteiger partial charge in [0, 0.05) is 13.5 Å².